The van der Waals surface area contributed by atoms with E-state index in [4.69, 9.17) is 0 Å². The fraction of sp³-hybridized carbons (Fsp3) is 0.290. The van der Waals surface area contributed by atoms with Gasteiger partial charge in [0.15, 0.2) is 0 Å². The second kappa shape index (κ2) is 11.1. The van der Waals surface area contributed by atoms with Gasteiger partial charge in [0.25, 0.3) is 0 Å². The summed E-state index contributed by atoms with van der Waals surface area (Å²) in [5, 5.41) is 8.77. The zero-order valence-corrected chi connectivity index (χ0v) is 24.4. The summed E-state index contributed by atoms with van der Waals surface area (Å²) in [6, 6.07) is 18.3. The molecule has 0 atom stereocenters. The largest absolute Gasteiger partial charge is 1.00 e. The molecule has 0 aromatic heterocycles. The number of fused-ring (bicyclic) bond motifs is 4. The second-order valence-corrected chi connectivity index (χ2v) is 11.3. The van der Waals surface area contributed by atoms with Gasteiger partial charge in [-0.05, 0) is 0 Å². The summed E-state index contributed by atoms with van der Waals surface area (Å²) in [4.78, 5) is 0. The molecule has 3 aromatic carbocycles. The molecule has 0 amide bonds. The van der Waals surface area contributed by atoms with Gasteiger partial charge in [-0.15, -0.1) is 0 Å². The Morgan fingerprint density at radius 3 is 1.91 bits per heavy atom. The first-order valence-electron chi connectivity index (χ1n) is 12.0. The van der Waals surface area contributed by atoms with Crippen LogP contribution in [0, 0.1) is 22.3 Å². The van der Waals surface area contributed by atoms with Crippen LogP contribution in [0.2, 0.25) is 0 Å². The molecule has 0 N–H and O–H groups in total. The van der Waals surface area contributed by atoms with Crippen molar-refractivity contribution in [2.45, 2.75) is 47.0 Å². The monoisotopic (exact) mass is 563 g/mol. The Morgan fingerprint density at radius 1 is 0.794 bits per heavy atom. The number of rotatable bonds is 5. The summed E-state index contributed by atoms with van der Waals surface area (Å²) in [5.74, 6) is 1.28. The third kappa shape index (κ3) is 4.69. The van der Waals surface area contributed by atoms with Crippen LogP contribution in [0.1, 0.15) is 58.1 Å². The Labute approximate surface area is 230 Å². The van der Waals surface area contributed by atoms with Crippen LogP contribution in [-0.4, -0.2) is 0 Å². The molecule has 34 heavy (non-hydrogen) atoms. The van der Waals surface area contributed by atoms with E-state index in [-0.39, 0.29) is 24.8 Å². The Bertz CT molecular complexity index is 1500. The van der Waals surface area contributed by atoms with E-state index in [0.29, 0.717) is 11.8 Å². The number of hydrogen-bond acceptors (Lipinski definition) is 0. The fourth-order valence-corrected chi connectivity index (χ4v) is 6.79. The first-order chi connectivity index (χ1) is 15.5. The van der Waals surface area contributed by atoms with E-state index in [1.54, 1.807) is 10.8 Å². The summed E-state index contributed by atoms with van der Waals surface area (Å²) in [6.07, 6.45) is 10.2. The van der Waals surface area contributed by atoms with Crippen LogP contribution in [0.5, 0.6) is 0 Å². The number of hydrogen-bond donors (Lipinski definition) is 0. The number of benzene rings is 3. The molecular weight excluding hydrogens is 534 g/mol. The van der Waals surface area contributed by atoms with Crippen LogP contribution in [0.4, 0.5) is 0 Å². The predicted molar refractivity (Wildman–Crippen MR) is 134 cm³/mol. The van der Waals surface area contributed by atoms with E-state index in [2.05, 4.69) is 94.5 Å². The van der Waals surface area contributed by atoms with E-state index in [9.17, 15) is 0 Å². The first-order valence-corrected chi connectivity index (χ1v) is 13.2. The fourth-order valence-electron chi connectivity index (χ4n) is 5.61. The SMILES string of the molecule is CC(C)CC(CC(C)C)=c1c(C2=CC=CC2)c2ccccc2c2c1=c1ccccc1=[C]2[Zr+2].[Cl-].[Cl-]. The van der Waals surface area contributed by atoms with Gasteiger partial charge in [-0.2, -0.15) is 0 Å². The van der Waals surface area contributed by atoms with Crippen LogP contribution >= 0.6 is 0 Å². The van der Waals surface area contributed by atoms with Crippen molar-refractivity contribution in [2.24, 2.45) is 11.8 Å². The van der Waals surface area contributed by atoms with Crippen molar-refractivity contribution in [2.75, 3.05) is 0 Å². The van der Waals surface area contributed by atoms with Gasteiger partial charge in [-0.1, -0.05) is 0 Å². The molecule has 173 valence electrons. The minimum Gasteiger partial charge on any atom is -1.00 e. The van der Waals surface area contributed by atoms with Crippen LogP contribution in [-0.2, 0) is 24.7 Å². The van der Waals surface area contributed by atoms with Gasteiger partial charge in [-0.25, -0.2) is 0 Å². The Balaban J connectivity index is 0.00000162. The quantitative estimate of drug-likeness (QED) is 0.428. The summed E-state index contributed by atoms with van der Waals surface area (Å²) >= 11 is 1.50. The molecule has 0 saturated heterocycles. The molecule has 0 spiro atoms. The van der Waals surface area contributed by atoms with Crippen LogP contribution in [0.15, 0.2) is 66.8 Å². The molecule has 2 aliphatic carbocycles. The molecule has 0 aliphatic heterocycles. The summed E-state index contributed by atoms with van der Waals surface area (Å²) in [6.45, 7) is 9.47. The smallest absolute Gasteiger partial charge is 1.00 e. The molecule has 0 fully saturated rings. The van der Waals surface area contributed by atoms with Gasteiger partial charge < -0.3 is 24.8 Å². The van der Waals surface area contributed by atoms with Gasteiger partial charge in [0.05, 0.1) is 0 Å². The Kier molecular flexibility index (Phi) is 8.89. The van der Waals surface area contributed by atoms with Crippen LogP contribution < -0.4 is 35.3 Å². The normalized spacial score (nSPS) is 13.6. The molecule has 0 nitrogen and oxygen atoms in total. The average Bonchev–Trinajstić information content (AvgIpc) is 3.39. The maximum atomic E-state index is 2.37. The maximum Gasteiger partial charge on any atom is -1.00 e. The minimum absolute atomic E-state index is 0. The van der Waals surface area contributed by atoms with Gasteiger partial charge in [-0.3, -0.25) is 0 Å². The molecule has 0 heterocycles. The molecule has 3 heteroatoms. The molecular formula is C31H31Cl2Zr. The molecule has 0 bridgehead atoms. The maximum absolute atomic E-state index is 2.37. The minimum atomic E-state index is 0. The third-order valence-corrected chi connectivity index (χ3v) is 7.96. The van der Waals surface area contributed by atoms with Crippen molar-refractivity contribution in [3.05, 3.63) is 98.8 Å². The van der Waals surface area contributed by atoms with Crippen molar-refractivity contribution in [3.63, 3.8) is 0 Å². The summed E-state index contributed by atoms with van der Waals surface area (Å²) in [7, 11) is 0. The van der Waals surface area contributed by atoms with Crippen molar-refractivity contribution in [1.82, 2.24) is 0 Å². The summed E-state index contributed by atoms with van der Waals surface area (Å²) < 4.78 is 1.51. The van der Waals surface area contributed by atoms with E-state index in [1.807, 2.05) is 0 Å². The van der Waals surface area contributed by atoms with Crippen molar-refractivity contribution in [3.8, 4) is 0 Å². The average molecular weight is 566 g/mol. The van der Waals surface area contributed by atoms with Gasteiger partial charge in [0, 0.05) is 0 Å². The van der Waals surface area contributed by atoms with Crippen LogP contribution in [0.3, 0.4) is 0 Å². The third-order valence-electron chi connectivity index (χ3n) is 6.69. The van der Waals surface area contributed by atoms with E-state index in [1.165, 1.54) is 71.1 Å². The number of allylic oxidation sites excluding steroid dienone is 4. The predicted octanol–water partition coefficient (Wildman–Crippen LogP) is 0.738. The number of halogens is 2. The van der Waals surface area contributed by atoms with Crippen molar-refractivity contribution < 1.29 is 49.5 Å². The standard InChI is InChI=1S/C31H31.2ClH.Zr/c1-20(2)17-24(18-21(3)4)30-29(22-11-5-6-12-22)27-16-10-9-15-26(27)28-19-23-13-7-8-14-25(23)31(28)30;;;/h5-11,13-16,20-21H,12,17-18H2,1-4H3;2*1H;/q;;;+2/p-2. The second-order valence-electron chi connectivity index (χ2n) is 10.1. The molecule has 0 saturated carbocycles. The topological polar surface area (TPSA) is 0 Å². The Morgan fingerprint density at radius 2 is 1.35 bits per heavy atom. The zero-order valence-electron chi connectivity index (χ0n) is 20.4. The van der Waals surface area contributed by atoms with Gasteiger partial charge in [0.2, 0.25) is 0 Å². The summed E-state index contributed by atoms with van der Waals surface area (Å²) in [5.41, 5.74) is 6.09. The molecule has 2 aliphatic rings. The zero-order chi connectivity index (χ0) is 22.4. The molecule has 0 radical (unpaired) electrons. The first kappa shape index (κ1) is 27.2. The molecule has 5 rings (SSSR count). The van der Waals surface area contributed by atoms with Gasteiger partial charge in [0.1, 0.15) is 0 Å². The van der Waals surface area contributed by atoms with Crippen molar-refractivity contribution in [1.29, 1.82) is 0 Å². The van der Waals surface area contributed by atoms with E-state index in [0.717, 1.165) is 19.3 Å². The van der Waals surface area contributed by atoms with Crippen LogP contribution in [0.25, 0.3) is 25.2 Å². The molecule has 0 unspecified atom stereocenters. The Hall–Kier alpha value is -1.40. The van der Waals surface area contributed by atoms with Gasteiger partial charge >= 0.3 is 207 Å². The van der Waals surface area contributed by atoms with E-state index < -0.39 is 0 Å². The van der Waals surface area contributed by atoms with Crippen molar-refractivity contribution >= 4 is 25.2 Å². The van der Waals surface area contributed by atoms with E-state index >= 15 is 0 Å². The molecule has 3 aromatic rings.